The summed E-state index contributed by atoms with van der Waals surface area (Å²) < 4.78 is 11.6. The van der Waals surface area contributed by atoms with Gasteiger partial charge in [-0.25, -0.2) is 0 Å². The Balaban J connectivity index is 2.49. The van der Waals surface area contributed by atoms with Crippen LogP contribution in [0.1, 0.15) is 27.2 Å². The van der Waals surface area contributed by atoms with Crippen molar-refractivity contribution in [2.45, 2.75) is 63.6 Å². The zero-order chi connectivity index (χ0) is 14.7. The van der Waals surface area contributed by atoms with E-state index in [2.05, 4.69) is 43.9 Å². The number of hydrogen-bond acceptors (Lipinski definition) is 4. The summed E-state index contributed by atoms with van der Waals surface area (Å²) in [5, 5.41) is 13.7. The molecule has 1 N–H and O–H groups in total. The topological polar surface area (TPSA) is 87.5 Å². The standard InChI is InChI=1S/C12H25N3O3Si/c1-12(2,3)19(4,5)18-8-11-10(16)6-9(7-17-11)14-15-13/h9-11,16H,6-8H2,1-5H3/t9?,10-,11+/m0/s1. The highest BCUT2D eigenvalue weighted by molar-refractivity contribution is 6.74. The van der Waals surface area contributed by atoms with Crippen LogP contribution in [0.3, 0.4) is 0 Å². The predicted octanol–water partition coefficient (Wildman–Crippen LogP) is 2.84. The predicted molar refractivity (Wildman–Crippen MR) is 76.4 cm³/mol. The van der Waals surface area contributed by atoms with E-state index in [9.17, 15) is 5.11 Å². The van der Waals surface area contributed by atoms with Crippen LogP contribution in [0, 0.1) is 0 Å². The minimum atomic E-state index is -1.82. The molecule has 1 aliphatic heterocycles. The third-order valence-corrected chi connectivity index (χ3v) is 8.58. The first-order valence-corrected chi connectivity index (χ1v) is 9.56. The first kappa shape index (κ1) is 16.5. The van der Waals surface area contributed by atoms with Crippen molar-refractivity contribution in [2.24, 2.45) is 5.11 Å². The average Bonchev–Trinajstić information content (AvgIpc) is 2.27. The molecule has 1 heterocycles. The summed E-state index contributed by atoms with van der Waals surface area (Å²) in [4.78, 5) is 2.75. The fourth-order valence-corrected chi connectivity index (χ4v) is 2.68. The van der Waals surface area contributed by atoms with Gasteiger partial charge in [-0.2, -0.15) is 0 Å². The van der Waals surface area contributed by atoms with Gasteiger partial charge < -0.3 is 14.3 Å². The van der Waals surface area contributed by atoms with Crippen molar-refractivity contribution in [1.82, 2.24) is 0 Å². The van der Waals surface area contributed by atoms with E-state index in [1.165, 1.54) is 0 Å². The maximum Gasteiger partial charge on any atom is 0.192 e. The van der Waals surface area contributed by atoms with Crippen LogP contribution in [0.25, 0.3) is 10.4 Å². The van der Waals surface area contributed by atoms with E-state index in [4.69, 9.17) is 14.7 Å². The third-order valence-electron chi connectivity index (χ3n) is 4.07. The van der Waals surface area contributed by atoms with Crippen LogP contribution >= 0.6 is 0 Å². The van der Waals surface area contributed by atoms with Gasteiger partial charge in [-0.3, -0.25) is 0 Å². The van der Waals surface area contributed by atoms with Crippen molar-refractivity contribution in [3.05, 3.63) is 10.4 Å². The van der Waals surface area contributed by atoms with Crippen LogP contribution in [-0.2, 0) is 9.16 Å². The number of ether oxygens (including phenoxy) is 1. The van der Waals surface area contributed by atoms with E-state index < -0.39 is 14.4 Å². The van der Waals surface area contributed by atoms with Crippen LogP contribution in [0.2, 0.25) is 18.1 Å². The number of hydrogen-bond donors (Lipinski definition) is 1. The van der Waals surface area contributed by atoms with Gasteiger partial charge >= 0.3 is 0 Å². The number of aliphatic hydroxyl groups is 1. The molecule has 1 fully saturated rings. The van der Waals surface area contributed by atoms with Gasteiger partial charge in [0.05, 0.1) is 25.4 Å². The maximum atomic E-state index is 9.99. The summed E-state index contributed by atoms with van der Waals surface area (Å²) in [5.74, 6) is 0. The van der Waals surface area contributed by atoms with Crippen LogP contribution in [0.5, 0.6) is 0 Å². The van der Waals surface area contributed by atoms with Crippen molar-refractivity contribution < 1.29 is 14.3 Å². The van der Waals surface area contributed by atoms with E-state index in [0.717, 1.165) is 0 Å². The van der Waals surface area contributed by atoms with E-state index in [0.29, 0.717) is 19.6 Å². The molecule has 1 aliphatic rings. The van der Waals surface area contributed by atoms with Gasteiger partial charge in [0.15, 0.2) is 8.32 Å². The van der Waals surface area contributed by atoms with Crippen LogP contribution in [0.15, 0.2) is 5.11 Å². The summed E-state index contributed by atoms with van der Waals surface area (Å²) in [7, 11) is -1.82. The number of aliphatic hydroxyl groups excluding tert-OH is 1. The molecule has 0 radical (unpaired) electrons. The van der Waals surface area contributed by atoms with Gasteiger partial charge in [-0.05, 0) is 30.1 Å². The highest BCUT2D eigenvalue weighted by Crippen LogP contribution is 2.36. The van der Waals surface area contributed by atoms with Crippen molar-refractivity contribution in [2.75, 3.05) is 13.2 Å². The Morgan fingerprint density at radius 2 is 2.11 bits per heavy atom. The number of nitrogens with zero attached hydrogens (tertiary/aromatic N) is 3. The van der Waals surface area contributed by atoms with Crippen molar-refractivity contribution in [3.63, 3.8) is 0 Å². The molecule has 0 saturated carbocycles. The van der Waals surface area contributed by atoms with Crippen LogP contribution in [-0.4, -0.2) is 44.9 Å². The lowest BCUT2D eigenvalue weighted by molar-refractivity contribution is -0.0986. The Kier molecular flexibility index (Phi) is 5.40. The van der Waals surface area contributed by atoms with Gasteiger partial charge in [0.1, 0.15) is 6.10 Å². The molecule has 7 heteroatoms. The van der Waals surface area contributed by atoms with Gasteiger partial charge in [0.2, 0.25) is 0 Å². The second-order valence-corrected chi connectivity index (χ2v) is 11.4. The van der Waals surface area contributed by atoms with Gasteiger partial charge in [-0.1, -0.05) is 25.9 Å². The Labute approximate surface area is 115 Å². The lowest BCUT2D eigenvalue weighted by atomic mass is 10.0. The molecule has 3 atom stereocenters. The van der Waals surface area contributed by atoms with Crippen molar-refractivity contribution in [1.29, 1.82) is 0 Å². The Morgan fingerprint density at radius 3 is 2.58 bits per heavy atom. The first-order chi connectivity index (χ1) is 8.67. The molecule has 1 unspecified atom stereocenters. The molecular weight excluding hydrogens is 262 g/mol. The average molecular weight is 287 g/mol. The summed E-state index contributed by atoms with van der Waals surface area (Å²) in [5.41, 5.74) is 8.37. The molecule has 0 aromatic carbocycles. The number of rotatable bonds is 4. The highest BCUT2D eigenvalue weighted by atomic mass is 28.4. The van der Waals surface area contributed by atoms with E-state index in [1.807, 2.05) is 0 Å². The largest absolute Gasteiger partial charge is 0.414 e. The summed E-state index contributed by atoms with van der Waals surface area (Å²) in [6, 6.07) is -0.274. The van der Waals surface area contributed by atoms with Crippen molar-refractivity contribution in [3.8, 4) is 0 Å². The first-order valence-electron chi connectivity index (χ1n) is 6.65. The molecule has 0 spiro atoms. The number of azide groups is 1. The Bertz CT molecular complexity index is 351. The zero-order valence-electron chi connectivity index (χ0n) is 12.5. The molecule has 0 bridgehead atoms. The summed E-state index contributed by atoms with van der Waals surface area (Å²) in [6.07, 6.45) is -0.511. The molecule has 110 valence electrons. The minimum Gasteiger partial charge on any atom is -0.414 e. The third kappa shape index (κ3) is 4.47. The van der Waals surface area contributed by atoms with Gasteiger partial charge in [0, 0.05) is 4.91 Å². The Morgan fingerprint density at radius 1 is 1.47 bits per heavy atom. The molecule has 0 amide bonds. The van der Waals surface area contributed by atoms with E-state index in [1.54, 1.807) is 0 Å². The lowest BCUT2D eigenvalue weighted by Crippen LogP contribution is -2.48. The zero-order valence-corrected chi connectivity index (χ0v) is 13.5. The molecule has 1 rings (SSSR count). The molecule has 0 aliphatic carbocycles. The molecule has 6 nitrogen and oxygen atoms in total. The molecule has 1 saturated heterocycles. The van der Waals surface area contributed by atoms with Crippen LogP contribution < -0.4 is 0 Å². The van der Waals surface area contributed by atoms with Gasteiger partial charge in [0.25, 0.3) is 0 Å². The molecule has 0 aromatic rings. The maximum absolute atomic E-state index is 9.99. The smallest absolute Gasteiger partial charge is 0.192 e. The van der Waals surface area contributed by atoms with Crippen molar-refractivity contribution >= 4 is 8.32 Å². The Hall–Kier alpha value is -0.593. The second-order valence-electron chi connectivity index (χ2n) is 6.60. The summed E-state index contributed by atoms with van der Waals surface area (Å²) >= 11 is 0. The van der Waals surface area contributed by atoms with E-state index in [-0.39, 0.29) is 17.2 Å². The fourth-order valence-electron chi connectivity index (χ4n) is 1.66. The lowest BCUT2D eigenvalue weighted by Gasteiger charge is -2.39. The van der Waals surface area contributed by atoms with Crippen LogP contribution in [0.4, 0.5) is 0 Å². The second kappa shape index (κ2) is 6.24. The summed E-state index contributed by atoms with van der Waals surface area (Å²) in [6.45, 7) is 11.6. The monoisotopic (exact) mass is 287 g/mol. The normalized spacial score (nSPS) is 28.8. The van der Waals surface area contributed by atoms with Gasteiger partial charge in [-0.15, -0.1) is 0 Å². The van der Waals surface area contributed by atoms with E-state index >= 15 is 0 Å². The molecule has 19 heavy (non-hydrogen) atoms. The molecular formula is C12H25N3O3Si. The minimum absolute atomic E-state index is 0.139. The quantitative estimate of drug-likeness (QED) is 0.373. The fraction of sp³-hybridized carbons (Fsp3) is 1.00. The SMILES string of the molecule is CC(C)(C)[Si](C)(C)OC[C@H]1OCC(N=[N+]=[N-])C[C@@H]1O. The highest BCUT2D eigenvalue weighted by Gasteiger charge is 2.39. The molecule has 0 aromatic heterocycles.